The quantitative estimate of drug-likeness (QED) is 0.763. The average Bonchev–Trinajstić information content (AvgIpc) is 2.97. The van der Waals surface area contributed by atoms with Crippen LogP contribution in [-0.2, 0) is 4.79 Å². The van der Waals surface area contributed by atoms with Gasteiger partial charge in [0.1, 0.15) is 0 Å². The number of allylic oxidation sites excluding steroid dienone is 1. The second-order valence-electron chi connectivity index (χ2n) is 6.21. The molecule has 27 heavy (non-hydrogen) atoms. The average molecular weight is 376 g/mol. The summed E-state index contributed by atoms with van der Waals surface area (Å²) in [7, 11) is 0. The topological polar surface area (TPSA) is 71.7 Å². The van der Waals surface area contributed by atoms with Crippen LogP contribution in [0.25, 0.3) is 6.08 Å². The molecule has 1 aliphatic rings. The number of rotatable bonds is 3. The number of hydrogen-bond donors (Lipinski definition) is 1. The summed E-state index contributed by atoms with van der Waals surface area (Å²) in [5, 5.41) is 9.76. The molecule has 4 rings (SSSR count). The Bertz CT molecular complexity index is 1220. The predicted molar refractivity (Wildman–Crippen MR) is 104 cm³/mol. The molecule has 2 aromatic carbocycles. The van der Waals surface area contributed by atoms with Crippen LogP contribution in [0.4, 0.5) is 0 Å². The van der Waals surface area contributed by atoms with Crippen LogP contribution in [-0.4, -0.2) is 15.6 Å². The number of nitrogens with zero attached hydrogens (tertiary/aromatic N) is 2. The van der Waals surface area contributed by atoms with E-state index in [0.717, 1.165) is 11.1 Å². The highest BCUT2D eigenvalue weighted by Crippen LogP contribution is 2.29. The molecule has 3 aromatic rings. The molecule has 0 bridgehead atoms. The number of aliphatic carboxylic acids is 1. The lowest BCUT2D eigenvalue weighted by Gasteiger charge is -2.23. The van der Waals surface area contributed by atoms with E-state index in [1.54, 1.807) is 6.92 Å². The monoisotopic (exact) mass is 376 g/mol. The Morgan fingerprint density at radius 3 is 2.37 bits per heavy atom. The van der Waals surface area contributed by atoms with Gasteiger partial charge in [0.15, 0.2) is 4.80 Å². The highest BCUT2D eigenvalue weighted by atomic mass is 32.1. The van der Waals surface area contributed by atoms with Crippen molar-refractivity contribution in [1.29, 1.82) is 0 Å². The van der Waals surface area contributed by atoms with E-state index in [9.17, 15) is 14.7 Å². The van der Waals surface area contributed by atoms with Gasteiger partial charge in [-0.2, -0.15) is 0 Å². The minimum Gasteiger partial charge on any atom is -0.478 e. The van der Waals surface area contributed by atoms with Crippen molar-refractivity contribution in [1.82, 2.24) is 4.57 Å². The van der Waals surface area contributed by atoms with Crippen molar-refractivity contribution >= 4 is 23.4 Å². The largest absolute Gasteiger partial charge is 0.478 e. The van der Waals surface area contributed by atoms with E-state index in [0.29, 0.717) is 15.0 Å². The standard InChI is InChI=1S/C21H16N2O3S/c1-13-17(20(25)26)18(15-10-6-3-7-11-15)23-19(24)16(27-21(23)22-13)12-14-8-4-2-5-9-14/h2-12,18H,1H3,(H,25,26). The Morgan fingerprint density at radius 2 is 1.74 bits per heavy atom. The highest BCUT2D eigenvalue weighted by molar-refractivity contribution is 7.07. The van der Waals surface area contributed by atoms with E-state index in [1.807, 2.05) is 66.7 Å². The molecule has 0 amide bonds. The molecule has 5 nitrogen and oxygen atoms in total. The zero-order valence-electron chi connectivity index (χ0n) is 14.5. The lowest BCUT2D eigenvalue weighted by molar-refractivity contribution is -0.133. The van der Waals surface area contributed by atoms with Gasteiger partial charge in [-0.3, -0.25) is 9.36 Å². The lowest BCUT2D eigenvalue weighted by atomic mass is 9.96. The lowest BCUT2D eigenvalue weighted by Crippen LogP contribution is -2.39. The molecule has 1 aromatic heterocycles. The van der Waals surface area contributed by atoms with E-state index in [4.69, 9.17) is 0 Å². The summed E-state index contributed by atoms with van der Waals surface area (Å²) in [6.45, 7) is 1.67. The van der Waals surface area contributed by atoms with Gasteiger partial charge in [-0.15, -0.1) is 0 Å². The molecule has 1 aliphatic heterocycles. The second kappa shape index (κ2) is 6.81. The van der Waals surface area contributed by atoms with Gasteiger partial charge >= 0.3 is 5.97 Å². The molecule has 1 unspecified atom stereocenters. The van der Waals surface area contributed by atoms with Crippen LogP contribution in [0.15, 0.2) is 81.7 Å². The maximum absolute atomic E-state index is 13.1. The number of carboxylic acid groups (broad SMARTS) is 1. The van der Waals surface area contributed by atoms with Gasteiger partial charge in [0, 0.05) is 0 Å². The summed E-state index contributed by atoms with van der Waals surface area (Å²) in [4.78, 5) is 30.0. The zero-order chi connectivity index (χ0) is 19.0. The Balaban J connectivity index is 2.00. The number of carbonyl (C=O) groups is 1. The van der Waals surface area contributed by atoms with Crippen LogP contribution in [0.1, 0.15) is 24.1 Å². The molecule has 0 saturated carbocycles. The second-order valence-corrected chi connectivity index (χ2v) is 7.22. The van der Waals surface area contributed by atoms with E-state index in [-0.39, 0.29) is 11.1 Å². The third-order valence-corrected chi connectivity index (χ3v) is 5.45. The third-order valence-electron chi connectivity index (χ3n) is 4.46. The molecule has 0 spiro atoms. The van der Waals surface area contributed by atoms with Gasteiger partial charge in [0.25, 0.3) is 5.56 Å². The van der Waals surface area contributed by atoms with Crippen molar-refractivity contribution in [2.24, 2.45) is 4.99 Å². The number of hydrogen-bond acceptors (Lipinski definition) is 4. The number of benzene rings is 2. The molecular weight excluding hydrogens is 360 g/mol. The molecular formula is C21H16N2O3S. The summed E-state index contributed by atoms with van der Waals surface area (Å²) in [5.41, 5.74) is 1.97. The normalized spacial score (nSPS) is 16.8. The Kier molecular flexibility index (Phi) is 4.33. The van der Waals surface area contributed by atoms with E-state index in [1.165, 1.54) is 15.9 Å². The van der Waals surface area contributed by atoms with Gasteiger partial charge in [0.05, 0.1) is 21.8 Å². The molecule has 0 fully saturated rings. The fourth-order valence-electron chi connectivity index (χ4n) is 3.25. The van der Waals surface area contributed by atoms with Gasteiger partial charge in [0.2, 0.25) is 0 Å². The summed E-state index contributed by atoms with van der Waals surface area (Å²) >= 11 is 1.27. The first-order chi connectivity index (χ1) is 13.1. The van der Waals surface area contributed by atoms with E-state index >= 15 is 0 Å². The molecule has 1 atom stereocenters. The van der Waals surface area contributed by atoms with Crippen LogP contribution >= 0.6 is 11.3 Å². The minimum atomic E-state index is -1.07. The maximum atomic E-state index is 13.1. The van der Waals surface area contributed by atoms with Crippen LogP contribution in [0.5, 0.6) is 0 Å². The smallest absolute Gasteiger partial charge is 0.335 e. The van der Waals surface area contributed by atoms with Crippen LogP contribution in [0.2, 0.25) is 0 Å². The summed E-state index contributed by atoms with van der Waals surface area (Å²) < 4.78 is 2.02. The van der Waals surface area contributed by atoms with Crippen LogP contribution in [0, 0.1) is 0 Å². The summed E-state index contributed by atoms with van der Waals surface area (Å²) in [5.74, 6) is -1.07. The SMILES string of the molecule is CC1=C(C(=O)O)C(c2ccccc2)n2c(sc(=Cc3ccccc3)c2=O)=N1. The molecule has 134 valence electrons. The van der Waals surface area contributed by atoms with Crippen molar-refractivity contribution in [3.63, 3.8) is 0 Å². The third kappa shape index (κ3) is 3.04. The van der Waals surface area contributed by atoms with Gasteiger partial charge < -0.3 is 5.11 Å². The predicted octanol–water partition coefficient (Wildman–Crippen LogP) is 2.32. The van der Waals surface area contributed by atoms with Crippen molar-refractivity contribution < 1.29 is 9.90 Å². The highest BCUT2D eigenvalue weighted by Gasteiger charge is 2.32. The zero-order valence-corrected chi connectivity index (χ0v) is 15.3. The maximum Gasteiger partial charge on any atom is 0.335 e. The van der Waals surface area contributed by atoms with Crippen molar-refractivity contribution in [2.75, 3.05) is 0 Å². The van der Waals surface area contributed by atoms with Crippen LogP contribution < -0.4 is 14.9 Å². The Hall–Kier alpha value is -3.25. The van der Waals surface area contributed by atoms with Gasteiger partial charge in [-0.25, -0.2) is 9.79 Å². The van der Waals surface area contributed by atoms with Crippen molar-refractivity contribution in [3.8, 4) is 0 Å². The Labute approximate surface area is 158 Å². The molecule has 0 aliphatic carbocycles. The number of aromatic nitrogens is 1. The Morgan fingerprint density at radius 1 is 1.11 bits per heavy atom. The molecule has 6 heteroatoms. The van der Waals surface area contributed by atoms with Gasteiger partial charge in [-0.05, 0) is 24.1 Å². The van der Waals surface area contributed by atoms with Gasteiger partial charge in [-0.1, -0.05) is 72.0 Å². The summed E-state index contributed by atoms with van der Waals surface area (Å²) in [6.07, 6.45) is 1.81. The molecule has 0 saturated heterocycles. The molecule has 2 heterocycles. The summed E-state index contributed by atoms with van der Waals surface area (Å²) in [6, 6.07) is 18.1. The minimum absolute atomic E-state index is 0.125. The molecule has 0 radical (unpaired) electrons. The van der Waals surface area contributed by atoms with E-state index in [2.05, 4.69) is 4.99 Å². The number of fused-ring (bicyclic) bond motifs is 1. The first-order valence-corrected chi connectivity index (χ1v) is 9.24. The first-order valence-electron chi connectivity index (χ1n) is 8.42. The van der Waals surface area contributed by atoms with Crippen molar-refractivity contribution in [3.05, 3.63) is 103 Å². The molecule has 1 N–H and O–H groups in total. The van der Waals surface area contributed by atoms with E-state index < -0.39 is 12.0 Å². The van der Waals surface area contributed by atoms with Crippen LogP contribution in [0.3, 0.4) is 0 Å². The fraction of sp³-hybridized carbons (Fsp3) is 0.0952. The number of carboxylic acids is 1. The number of thiazole rings is 1. The fourth-order valence-corrected chi connectivity index (χ4v) is 4.29. The first kappa shape index (κ1) is 17.2. The van der Waals surface area contributed by atoms with Crippen molar-refractivity contribution in [2.45, 2.75) is 13.0 Å².